The SMILES string of the molecule is NCC(N)=CC(=O)O. The second kappa shape index (κ2) is 3.04. The summed E-state index contributed by atoms with van der Waals surface area (Å²) in [6.07, 6.45) is 0.875. The Morgan fingerprint density at radius 3 is 2.38 bits per heavy atom. The molecule has 0 radical (unpaired) electrons. The molecule has 0 aromatic carbocycles. The maximum Gasteiger partial charge on any atom is 0.330 e. The molecule has 0 amide bonds. The molecule has 0 spiro atoms. The van der Waals surface area contributed by atoms with Crippen LogP contribution >= 0.6 is 0 Å². The van der Waals surface area contributed by atoms with Gasteiger partial charge >= 0.3 is 5.97 Å². The number of aliphatic carboxylic acids is 1. The Morgan fingerprint density at radius 1 is 1.75 bits per heavy atom. The van der Waals surface area contributed by atoms with Gasteiger partial charge in [0.25, 0.3) is 0 Å². The molecular formula is C4H8N2O2. The second-order valence-electron chi connectivity index (χ2n) is 1.26. The zero-order valence-corrected chi connectivity index (χ0v) is 4.29. The Hall–Kier alpha value is -1.03. The van der Waals surface area contributed by atoms with Crippen molar-refractivity contribution in [3.8, 4) is 0 Å². The molecule has 0 heterocycles. The van der Waals surface area contributed by atoms with Crippen LogP contribution in [0.15, 0.2) is 11.8 Å². The van der Waals surface area contributed by atoms with Crippen molar-refractivity contribution in [3.63, 3.8) is 0 Å². The van der Waals surface area contributed by atoms with Crippen LogP contribution in [0, 0.1) is 0 Å². The van der Waals surface area contributed by atoms with Crippen molar-refractivity contribution >= 4 is 5.97 Å². The maximum absolute atomic E-state index is 9.76. The van der Waals surface area contributed by atoms with Crippen LogP contribution < -0.4 is 11.5 Å². The maximum atomic E-state index is 9.76. The molecule has 46 valence electrons. The molecule has 0 aromatic rings. The van der Waals surface area contributed by atoms with Gasteiger partial charge in [0.15, 0.2) is 0 Å². The van der Waals surface area contributed by atoms with Gasteiger partial charge in [0.05, 0.1) is 0 Å². The largest absolute Gasteiger partial charge is 0.478 e. The molecule has 5 N–H and O–H groups in total. The Balaban J connectivity index is 3.75. The molecule has 0 saturated heterocycles. The van der Waals surface area contributed by atoms with Gasteiger partial charge in [-0.1, -0.05) is 0 Å². The van der Waals surface area contributed by atoms with Crippen LogP contribution in [-0.4, -0.2) is 17.6 Å². The first-order chi connectivity index (χ1) is 3.66. The van der Waals surface area contributed by atoms with E-state index in [-0.39, 0.29) is 12.2 Å². The van der Waals surface area contributed by atoms with E-state index < -0.39 is 5.97 Å². The fourth-order valence-corrected chi connectivity index (χ4v) is 0.218. The van der Waals surface area contributed by atoms with E-state index in [0.717, 1.165) is 6.08 Å². The zero-order chi connectivity index (χ0) is 6.57. The topological polar surface area (TPSA) is 89.3 Å². The van der Waals surface area contributed by atoms with Crippen LogP contribution in [0.5, 0.6) is 0 Å². The Labute approximate surface area is 46.8 Å². The first-order valence-corrected chi connectivity index (χ1v) is 2.06. The van der Waals surface area contributed by atoms with Gasteiger partial charge < -0.3 is 16.6 Å². The summed E-state index contributed by atoms with van der Waals surface area (Å²) in [6, 6.07) is 0. The highest BCUT2D eigenvalue weighted by atomic mass is 16.4. The van der Waals surface area contributed by atoms with Crippen molar-refractivity contribution in [2.75, 3.05) is 6.54 Å². The van der Waals surface area contributed by atoms with Crippen LogP contribution in [0.2, 0.25) is 0 Å². The van der Waals surface area contributed by atoms with Gasteiger partial charge in [-0.05, 0) is 0 Å². The first kappa shape index (κ1) is 6.97. The van der Waals surface area contributed by atoms with E-state index in [1.807, 2.05) is 0 Å². The molecule has 0 aliphatic rings. The van der Waals surface area contributed by atoms with Gasteiger partial charge in [0, 0.05) is 18.3 Å². The Kier molecular flexibility index (Phi) is 2.64. The van der Waals surface area contributed by atoms with E-state index in [0.29, 0.717) is 0 Å². The zero-order valence-electron chi connectivity index (χ0n) is 4.29. The van der Waals surface area contributed by atoms with Crippen molar-refractivity contribution in [1.29, 1.82) is 0 Å². The molecule has 0 atom stereocenters. The van der Waals surface area contributed by atoms with Gasteiger partial charge in [-0.25, -0.2) is 4.79 Å². The van der Waals surface area contributed by atoms with E-state index in [9.17, 15) is 4.79 Å². The average molecular weight is 116 g/mol. The lowest BCUT2D eigenvalue weighted by Gasteiger charge is -1.88. The molecule has 0 aliphatic heterocycles. The lowest BCUT2D eigenvalue weighted by Crippen LogP contribution is -2.12. The summed E-state index contributed by atoms with van der Waals surface area (Å²) in [7, 11) is 0. The molecule has 0 unspecified atom stereocenters. The van der Waals surface area contributed by atoms with Crippen molar-refractivity contribution < 1.29 is 9.90 Å². The van der Waals surface area contributed by atoms with E-state index in [1.54, 1.807) is 0 Å². The van der Waals surface area contributed by atoms with E-state index >= 15 is 0 Å². The highest BCUT2D eigenvalue weighted by molar-refractivity contribution is 5.80. The molecule has 0 aliphatic carbocycles. The molecule has 0 rings (SSSR count). The third-order valence-electron chi connectivity index (χ3n) is 0.545. The number of carboxylic acid groups (broad SMARTS) is 1. The molecule has 0 bridgehead atoms. The summed E-state index contributed by atoms with van der Waals surface area (Å²) in [5.74, 6) is -1.06. The predicted octanol–water partition coefficient (Wildman–Crippen LogP) is -1.13. The average Bonchev–Trinajstić information content (AvgIpc) is 1.65. The van der Waals surface area contributed by atoms with Gasteiger partial charge in [0.1, 0.15) is 0 Å². The highest BCUT2D eigenvalue weighted by Gasteiger charge is 1.88. The molecule has 0 saturated carbocycles. The Bertz CT molecular complexity index is 119. The summed E-state index contributed by atoms with van der Waals surface area (Å²) >= 11 is 0. The molecule has 4 heteroatoms. The first-order valence-electron chi connectivity index (χ1n) is 2.06. The third kappa shape index (κ3) is 3.17. The molecule has 8 heavy (non-hydrogen) atoms. The minimum Gasteiger partial charge on any atom is -0.478 e. The minimum absolute atomic E-state index is 0.0896. The van der Waals surface area contributed by atoms with Crippen molar-refractivity contribution in [3.05, 3.63) is 11.8 Å². The van der Waals surface area contributed by atoms with Crippen LogP contribution in [0.25, 0.3) is 0 Å². The number of carbonyl (C=O) groups is 1. The van der Waals surface area contributed by atoms with Crippen LogP contribution in [0.3, 0.4) is 0 Å². The van der Waals surface area contributed by atoms with E-state index in [4.69, 9.17) is 16.6 Å². The molecule has 0 aromatic heterocycles. The lowest BCUT2D eigenvalue weighted by atomic mass is 10.4. The number of nitrogens with two attached hydrogens (primary N) is 2. The number of rotatable bonds is 2. The molecular weight excluding hydrogens is 108 g/mol. The summed E-state index contributed by atoms with van der Waals surface area (Å²) < 4.78 is 0. The van der Waals surface area contributed by atoms with Crippen LogP contribution in [0.1, 0.15) is 0 Å². The van der Waals surface area contributed by atoms with Crippen molar-refractivity contribution in [2.45, 2.75) is 0 Å². The van der Waals surface area contributed by atoms with Crippen LogP contribution in [-0.2, 0) is 4.79 Å². The normalized spacial score (nSPS) is 11.4. The van der Waals surface area contributed by atoms with Gasteiger partial charge in [-0.15, -0.1) is 0 Å². The van der Waals surface area contributed by atoms with Crippen molar-refractivity contribution in [2.24, 2.45) is 11.5 Å². The summed E-state index contributed by atoms with van der Waals surface area (Å²) in [5.41, 5.74) is 10.2. The standard InChI is InChI=1S/C4H8N2O2/c5-2-3(6)1-4(7)8/h1H,2,5-6H2,(H,7,8). The molecule has 0 fully saturated rings. The monoisotopic (exact) mass is 116 g/mol. The quantitative estimate of drug-likeness (QED) is 0.398. The number of carboxylic acids is 1. The fraction of sp³-hybridized carbons (Fsp3) is 0.250. The third-order valence-corrected chi connectivity index (χ3v) is 0.545. The fourth-order valence-electron chi connectivity index (χ4n) is 0.218. The number of hydrogen-bond acceptors (Lipinski definition) is 3. The molecule has 4 nitrogen and oxygen atoms in total. The predicted molar refractivity (Wildman–Crippen MR) is 29.0 cm³/mol. The van der Waals surface area contributed by atoms with E-state index in [2.05, 4.69) is 0 Å². The summed E-state index contributed by atoms with van der Waals surface area (Å²) in [5, 5.41) is 8.00. The second-order valence-corrected chi connectivity index (χ2v) is 1.26. The number of hydrogen-bond donors (Lipinski definition) is 3. The highest BCUT2D eigenvalue weighted by Crippen LogP contribution is 1.76. The van der Waals surface area contributed by atoms with Crippen molar-refractivity contribution in [1.82, 2.24) is 0 Å². The minimum atomic E-state index is -1.06. The summed E-state index contributed by atoms with van der Waals surface area (Å²) in [6.45, 7) is 0.0896. The van der Waals surface area contributed by atoms with E-state index in [1.165, 1.54) is 0 Å². The lowest BCUT2D eigenvalue weighted by molar-refractivity contribution is -0.131. The van der Waals surface area contributed by atoms with Gasteiger partial charge in [0.2, 0.25) is 0 Å². The summed E-state index contributed by atoms with van der Waals surface area (Å²) in [4.78, 5) is 9.76. The van der Waals surface area contributed by atoms with Crippen LogP contribution in [0.4, 0.5) is 0 Å². The van der Waals surface area contributed by atoms with Gasteiger partial charge in [-0.2, -0.15) is 0 Å². The van der Waals surface area contributed by atoms with Gasteiger partial charge in [-0.3, -0.25) is 0 Å². The Morgan fingerprint density at radius 2 is 2.25 bits per heavy atom. The smallest absolute Gasteiger partial charge is 0.330 e.